The molecule has 1 rings (SSSR count). The van der Waals surface area contributed by atoms with Gasteiger partial charge in [-0.05, 0) is 27.6 Å². The van der Waals surface area contributed by atoms with E-state index in [2.05, 4.69) is 15.9 Å². The monoisotopic (exact) mass is 256 g/mol. The topological polar surface area (TPSA) is 87.2 Å². The second kappa shape index (κ2) is 4.07. The van der Waals surface area contributed by atoms with Crippen molar-refractivity contribution in [3.8, 4) is 11.8 Å². The molecule has 0 fully saturated rings. The van der Waals surface area contributed by atoms with Crippen LogP contribution in [0.1, 0.15) is 5.56 Å². The number of rotatable bonds is 2. The summed E-state index contributed by atoms with van der Waals surface area (Å²) in [5.74, 6) is -0.232. The van der Waals surface area contributed by atoms with Crippen LogP contribution >= 0.6 is 15.9 Å². The van der Waals surface area contributed by atoms with Gasteiger partial charge in [0.2, 0.25) is 0 Å². The van der Waals surface area contributed by atoms with Crippen LogP contribution in [0, 0.1) is 21.4 Å². The average molecular weight is 257 g/mol. The number of hydrogen-bond acceptors (Lipinski definition) is 4. The van der Waals surface area contributed by atoms with Crippen LogP contribution in [-0.2, 0) is 6.42 Å². The molecule has 0 aliphatic carbocycles. The van der Waals surface area contributed by atoms with Gasteiger partial charge in [0.15, 0.2) is 0 Å². The van der Waals surface area contributed by atoms with E-state index >= 15 is 0 Å². The molecule has 72 valence electrons. The molecule has 0 saturated carbocycles. The van der Waals surface area contributed by atoms with Crippen molar-refractivity contribution >= 4 is 21.6 Å². The van der Waals surface area contributed by atoms with E-state index in [0.29, 0.717) is 5.56 Å². The van der Waals surface area contributed by atoms with Gasteiger partial charge in [0.25, 0.3) is 5.69 Å². The van der Waals surface area contributed by atoms with E-state index in [9.17, 15) is 15.2 Å². The average Bonchev–Trinajstić information content (AvgIpc) is 2.11. The van der Waals surface area contributed by atoms with Gasteiger partial charge in [-0.1, -0.05) is 0 Å². The van der Waals surface area contributed by atoms with Gasteiger partial charge in [0, 0.05) is 6.07 Å². The van der Waals surface area contributed by atoms with Gasteiger partial charge in [0.05, 0.1) is 17.4 Å². The van der Waals surface area contributed by atoms with Crippen LogP contribution in [-0.4, -0.2) is 10.0 Å². The summed E-state index contributed by atoms with van der Waals surface area (Å²) in [4.78, 5) is 9.89. The molecule has 0 aromatic heterocycles. The molecule has 0 saturated heterocycles. The minimum Gasteiger partial charge on any atom is -0.506 e. The number of hydrogen-bond donors (Lipinski definition) is 1. The normalized spacial score (nSPS) is 9.43. The molecule has 0 heterocycles. The van der Waals surface area contributed by atoms with Gasteiger partial charge in [-0.25, -0.2) is 0 Å². The predicted molar refractivity (Wildman–Crippen MR) is 51.8 cm³/mol. The van der Waals surface area contributed by atoms with Crippen molar-refractivity contribution in [1.29, 1.82) is 5.26 Å². The fourth-order valence-electron chi connectivity index (χ4n) is 0.977. The van der Waals surface area contributed by atoms with Crippen LogP contribution in [0.25, 0.3) is 0 Å². The number of benzene rings is 1. The molecule has 0 spiro atoms. The molecular formula is C8H5BrN2O3. The summed E-state index contributed by atoms with van der Waals surface area (Å²) in [6.45, 7) is 0. The molecule has 0 unspecified atom stereocenters. The lowest BCUT2D eigenvalue weighted by Crippen LogP contribution is -1.92. The van der Waals surface area contributed by atoms with E-state index in [1.165, 1.54) is 12.1 Å². The largest absolute Gasteiger partial charge is 0.506 e. The fraction of sp³-hybridized carbons (Fsp3) is 0.125. The zero-order valence-electron chi connectivity index (χ0n) is 6.90. The van der Waals surface area contributed by atoms with Crippen molar-refractivity contribution in [2.24, 2.45) is 0 Å². The zero-order chi connectivity index (χ0) is 10.7. The second-order valence-electron chi connectivity index (χ2n) is 2.54. The first-order valence-corrected chi connectivity index (χ1v) is 4.38. The lowest BCUT2D eigenvalue weighted by molar-refractivity contribution is -0.385. The molecule has 0 atom stereocenters. The Balaban J connectivity index is 3.29. The van der Waals surface area contributed by atoms with E-state index in [1.807, 2.05) is 6.07 Å². The fourth-order valence-corrected chi connectivity index (χ4v) is 1.35. The third kappa shape index (κ3) is 2.00. The molecule has 14 heavy (non-hydrogen) atoms. The van der Waals surface area contributed by atoms with Gasteiger partial charge < -0.3 is 5.11 Å². The quantitative estimate of drug-likeness (QED) is 0.649. The molecule has 1 aromatic carbocycles. The van der Waals surface area contributed by atoms with Gasteiger partial charge in [0.1, 0.15) is 10.2 Å². The van der Waals surface area contributed by atoms with E-state index < -0.39 is 4.92 Å². The molecular weight excluding hydrogens is 252 g/mol. The molecule has 1 N–H and O–H groups in total. The summed E-state index contributed by atoms with van der Waals surface area (Å²) in [6, 6.07) is 4.42. The number of nitro benzene ring substituents is 1. The first kappa shape index (κ1) is 10.5. The molecule has 6 heteroatoms. The first-order valence-electron chi connectivity index (χ1n) is 3.59. The molecule has 0 radical (unpaired) electrons. The van der Waals surface area contributed by atoms with Crippen molar-refractivity contribution in [2.75, 3.05) is 0 Å². The molecule has 0 aliphatic heterocycles. The number of halogens is 1. The zero-order valence-corrected chi connectivity index (χ0v) is 8.48. The number of phenols is 1. The van der Waals surface area contributed by atoms with Gasteiger partial charge in [-0.15, -0.1) is 0 Å². The maximum absolute atomic E-state index is 10.5. The Bertz CT molecular complexity index is 425. The number of nitro groups is 1. The maximum atomic E-state index is 10.5. The lowest BCUT2D eigenvalue weighted by atomic mass is 10.1. The van der Waals surface area contributed by atoms with Crippen molar-refractivity contribution in [3.05, 3.63) is 32.3 Å². The smallest absolute Gasteiger partial charge is 0.287 e. The summed E-state index contributed by atoms with van der Waals surface area (Å²) < 4.78 is 0.0317. The Hall–Kier alpha value is -1.61. The number of nitrogens with zero attached hydrogens (tertiary/aromatic N) is 2. The summed E-state index contributed by atoms with van der Waals surface area (Å²) in [7, 11) is 0. The SMILES string of the molecule is N#CCc1cc(O)c(Br)c([N+](=O)[O-])c1. The Morgan fingerprint density at radius 2 is 2.29 bits per heavy atom. The van der Waals surface area contributed by atoms with Crippen LogP contribution in [0.15, 0.2) is 16.6 Å². The molecule has 0 bridgehead atoms. The van der Waals surface area contributed by atoms with Crippen LogP contribution in [0.2, 0.25) is 0 Å². The highest BCUT2D eigenvalue weighted by Crippen LogP contribution is 2.34. The van der Waals surface area contributed by atoms with E-state index in [1.54, 1.807) is 0 Å². The van der Waals surface area contributed by atoms with Crippen molar-refractivity contribution in [1.82, 2.24) is 0 Å². The third-order valence-corrected chi connectivity index (χ3v) is 2.39. The van der Waals surface area contributed by atoms with Crippen molar-refractivity contribution in [3.63, 3.8) is 0 Å². The third-order valence-electron chi connectivity index (χ3n) is 1.57. The highest BCUT2D eigenvalue weighted by molar-refractivity contribution is 9.10. The van der Waals surface area contributed by atoms with E-state index in [0.717, 1.165) is 0 Å². The second-order valence-corrected chi connectivity index (χ2v) is 3.33. The highest BCUT2D eigenvalue weighted by atomic mass is 79.9. The van der Waals surface area contributed by atoms with Crippen LogP contribution in [0.4, 0.5) is 5.69 Å². The Morgan fingerprint density at radius 3 is 2.79 bits per heavy atom. The number of aromatic hydroxyl groups is 1. The molecule has 0 amide bonds. The van der Waals surface area contributed by atoms with Gasteiger partial charge in [-0.2, -0.15) is 5.26 Å². The van der Waals surface area contributed by atoms with Gasteiger partial charge in [-0.3, -0.25) is 10.1 Å². The first-order chi connectivity index (χ1) is 6.56. The van der Waals surface area contributed by atoms with Crippen LogP contribution in [0.5, 0.6) is 5.75 Å². The van der Waals surface area contributed by atoms with Crippen LogP contribution < -0.4 is 0 Å². The molecule has 5 nitrogen and oxygen atoms in total. The van der Waals surface area contributed by atoms with E-state index in [-0.39, 0.29) is 22.3 Å². The summed E-state index contributed by atoms with van der Waals surface area (Å²) >= 11 is 2.89. The molecule has 0 aliphatic rings. The van der Waals surface area contributed by atoms with Gasteiger partial charge >= 0.3 is 0 Å². The minimum atomic E-state index is -0.620. The predicted octanol–water partition coefficient (Wildman–Crippen LogP) is 2.13. The van der Waals surface area contributed by atoms with Crippen LogP contribution in [0.3, 0.4) is 0 Å². The number of phenolic OH excluding ortho intramolecular Hbond substituents is 1. The summed E-state index contributed by atoms with van der Waals surface area (Å²) in [5.41, 5.74) is 0.176. The number of nitriles is 1. The Kier molecular flexibility index (Phi) is 3.04. The standard InChI is InChI=1S/C8H5BrN2O3/c9-8-6(11(13)14)3-5(1-2-10)4-7(8)12/h3-4,12H,1H2. The minimum absolute atomic E-state index is 0.0294. The molecule has 1 aromatic rings. The maximum Gasteiger partial charge on any atom is 0.287 e. The van der Waals surface area contributed by atoms with Crippen molar-refractivity contribution in [2.45, 2.75) is 6.42 Å². The summed E-state index contributed by atoms with van der Waals surface area (Å²) in [6.07, 6.45) is 0.0294. The Morgan fingerprint density at radius 1 is 1.64 bits per heavy atom. The summed E-state index contributed by atoms with van der Waals surface area (Å²) in [5, 5.41) is 28.2. The van der Waals surface area contributed by atoms with Crippen molar-refractivity contribution < 1.29 is 10.0 Å². The van der Waals surface area contributed by atoms with E-state index in [4.69, 9.17) is 5.26 Å². The lowest BCUT2D eigenvalue weighted by Gasteiger charge is -2.01. The Labute approximate surface area is 87.9 Å². The highest BCUT2D eigenvalue weighted by Gasteiger charge is 2.16.